The number of amides is 2. The summed E-state index contributed by atoms with van der Waals surface area (Å²) in [7, 11) is 0. The molecule has 2 fully saturated rings. The van der Waals surface area contributed by atoms with Crippen LogP contribution in [-0.4, -0.2) is 52.1 Å². The number of nitrogens with zero attached hydrogens (tertiary/aromatic N) is 2. The Bertz CT molecular complexity index is 693. The third-order valence-electron chi connectivity index (χ3n) is 4.29. The van der Waals surface area contributed by atoms with E-state index in [4.69, 9.17) is 9.47 Å². The fraction of sp³-hybridized carbons (Fsp3) is 0.375. The van der Waals surface area contributed by atoms with Gasteiger partial charge in [-0.1, -0.05) is 18.2 Å². The van der Waals surface area contributed by atoms with Crippen molar-refractivity contribution in [3.63, 3.8) is 0 Å². The minimum absolute atomic E-state index is 0.315. The Morgan fingerprint density at radius 1 is 1.29 bits per heavy atom. The van der Waals surface area contributed by atoms with Gasteiger partial charge in [0.15, 0.2) is 6.29 Å². The Balaban J connectivity index is 1.48. The molecule has 3 N–H and O–H groups in total. The number of aliphatic hydroxyl groups is 1. The lowest BCUT2D eigenvalue weighted by atomic mass is 9.96. The molecule has 0 spiro atoms. The second kappa shape index (κ2) is 6.23. The van der Waals surface area contributed by atoms with Crippen molar-refractivity contribution < 1.29 is 19.4 Å². The Kier molecular flexibility index (Phi) is 3.93. The molecule has 126 valence electrons. The molecule has 2 aromatic rings. The van der Waals surface area contributed by atoms with Gasteiger partial charge in [0, 0.05) is 18.1 Å². The molecule has 2 bridgehead atoms. The molecule has 8 nitrogen and oxygen atoms in total. The van der Waals surface area contributed by atoms with E-state index in [1.54, 1.807) is 35.3 Å². The first kappa shape index (κ1) is 15.1. The first-order valence-corrected chi connectivity index (χ1v) is 7.79. The Hall–Kier alpha value is -2.42. The van der Waals surface area contributed by atoms with Crippen molar-refractivity contribution in [3.8, 4) is 0 Å². The first-order valence-electron chi connectivity index (χ1n) is 7.79. The third-order valence-corrected chi connectivity index (χ3v) is 4.29. The zero-order valence-corrected chi connectivity index (χ0v) is 12.8. The minimum atomic E-state index is -0.877. The molecular weight excluding hydrogens is 312 g/mol. The Labute approximate surface area is 138 Å². The van der Waals surface area contributed by atoms with Gasteiger partial charge in [-0.2, -0.15) is 5.10 Å². The van der Waals surface area contributed by atoms with Crippen LogP contribution in [0, 0.1) is 0 Å². The number of para-hydroxylation sites is 1. The number of ether oxygens (including phenoxy) is 2. The number of hydrogen-bond donors (Lipinski definition) is 3. The van der Waals surface area contributed by atoms with Gasteiger partial charge in [0.2, 0.25) is 0 Å². The van der Waals surface area contributed by atoms with E-state index in [9.17, 15) is 9.90 Å². The highest BCUT2D eigenvalue weighted by atomic mass is 16.7. The van der Waals surface area contributed by atoms with Crippen molar-refractivity contribution in [1.82, 2.24) is 15.1 Å². The van der Waals surface area contributed by atoms with E-state index in [0.717, 1.165) is 0 Å². The SMILES string of the molecule is O=C(Nc1ccccc1)NC1C2COC(O2)C(n2cccn2)C1O. The summed E-state index contributed by atoms with van der Waals surface area (Å²) in [6.07, 6.45) is 1.52. The highest BCUT2D eigenvalue weighted by molar-refractivity contribution is 5.89. The van der Waals surface area contributed by atoms with E-state index >= 15 is 0 Å². The monoisotopic (exact) mass is 330 g/mol. The molecule has 24 heavy (non-hydrogen) atoms. The van der Waals surface area contributed by atoms with Gasteiger partial charge in [0.1, 0.15) is 18.2 Å². The molecule has 5 atom stereocenters. The number of carbonyl (C=O) groups is 1. The molecule has 2 aliphatic heterocycles. The molecule has 2 amide bonds. The lowest BCUT2D eigenvalue weighted by molar-refractivity contribution is -0.166. The zero-order chi connectivity index (χ0) is 16.5. The second-order valence-corrected chi connectivity index (χ2v) is 5.83. The maximum Gasteiger partial charge on any atom is 0.319 e. The zero-order valence-electron chi connectivity index (χ0n) is 12.8. The Morgan fingerprint density at radius 3 is 2.88 bits per heavy atom. The number of rotatable bonds is 3. The molecule has 1 aromatic carbocycles. The molecule has 2 saturated heterocycles. The standard InChI is InChI=1S/C16H18N4O4/c21-14-12(19-16(22)18-10-5-2-1-3-6-10)11-9-23-15(24-11)13(14)20-8-4-7-17-20/h1-8,11-15,21H,9H2,(H2,18,19,22). The van der Waals surface area contributed by atoms with Gasteiger partial charge in [-0.05, 0) is 18.2 Å². The van der Waals surface area contributed by atoms with Crippen LogP contribution in [0.25, 0.3) is 0 Å². The quantitative estimate of drug-likeness (QED) is 0.771. The summed E-state index contributed by atoms with van der Waals surface area (Å²) in [6, 6.07) is 9.35. The maximum atomic E-state index is 12.2. The summed E-state index contributed by atoms with van der Waals surface area (Å²) in [5.74, 6) is 0. The topological polar surface area (TPSA) is 97.6 Å². The normalized spacial score (nSPS) is 31.6. The van der Waals surface area contributed by atoms with Crippen molar-refractivity contribution in [3.05, 3.63) is 48.8 Å². The Morgan fingerprint density at radius 2 is 2.12 bits per heavy atom. The van der Waals surface area contributed by atoms with Crippen LogP contribution in [0.5, 0.6) is 0 Å². The fourth-order valence-electron chi connectivity index (χ4n) is 3.16. The van der Waals surface area contributed by atoms with Crippen molar-refractivity contribution in [1.29, 1.82) is 0 Å². The van der Waals surface area contributed by atoms with Crippen molar-refractivity contribution in [2.24, 2.45) is 0 Å². The number of carbonyl (C=O) groups excluding carboxylic acids is 1. The average Bonchev–Trinajstić information content (AvgIpc) is 3.24. The maximum absolute atomic E-state index is 12.2. The van der Waals surface area contributed by atoms with E-state index in [1.165, 1.54) is 0 Å². The van der Waals surface area contributed by atoms with Crippen LogP contribution in [-0.2, 0) is 9.47 Å². The summed E-state index contributed by atoms with van der Waals surface area (Å²) in [4.78, 5) is 12.2. The average molecular weight is 330 g/mol. The smallest absolute Gasteiger partial charge is 0.319 e. The van der Waals surface area contributed by atoms with Crippen molar-refractivity contribution in [2.75, 3.05) is 11.9 Å². The number of anilines is 1. The van der Waals surface area contributed by atoms with E-state index in [-0.39, 0.29) is 0 Å². The molecule has 1 aromatic heterocycles. The minimum Gasteiger partial charge on any atom is -0.388 e. The van der Waals surface area contributed by atoms with Crippen LogP contribution in [0.4, 0.5) is 10.5 Å². The number of aliphatic hydroxyl groups excluding tert-OH is 1. The molecule has 0 saturated carbocycles. The molecular formula is C16H18N4O4. The second-order valence-electron chi connectivity index (χ2n) is 5.83. The summed E-state index contributed by atoms with van der Waals surface area (Å²) >= 11 is 0. The lowest BCUT2D eigenvalue weighted by Crippen LogP contribution is -2.59. The summed E-state index contributed by atoms with van der Waals surface area (Å²) in [5, 5.41) is 20.4. The predicted molar refractivity (Wildman–Crippen MR) is 84.3 cm³/mol. The highest BCUT2D eigenvalue weighted by Crippen LogP contribution is 2.35. The van der Waals surface area contributed by atoms with Crippen LogP contribution in [0.15, 0.2) is 48.8 Å². The van der Waals surface area contributed by atoms with Crippen LogP contribution in [0.3, 0.4) is 0 Å². The highest BCUT2D eigenvalue weighted by Gasteiger charge is 2.51. The summed E-state index contributed by atoms with van der Waals surface area (Å²) < 4.78 is 13.0. The third kappa shape index (κ3) is 2.75. The lowest BCUT2D eigenvalue weighted by Gasteiger charge is -2.38. The van der Waals surface area contributed by atoms with E-state index < -0.39 is 36.6 Å². The molecule has 8 heteroatoms. The summed E-state index contributed by atoms with van der Waals surface area (Å²) in [6.45, 7) is 0.315. The van der Waals surface area contributed by atoms with E-state index in [1.807, 2.05) is 18.2 Å². The fourth-order valence-corrected chi connectivity index (χ4v) is 3.16. The molecule has 4 rings (SSSR count). The van der Waals surface area contributed by atoms with Gasteiger partial charge in [-0.3, -0.25) is 4.68 Å². The molecule has 0 radical (unpaired) electrons. The predicted octanol–water partition coefficient (Wildman–Crippen LogP) is 0.730. The van der Waals surface area contributed by atoms with Crippen molar-refractivity contribution >= 4 is 11.7 Å². The van der Waals surface area contributed by atoms with E-state index in [0.29, 0.717) is 12.3 Å². The van der Waals surface area contributed by atoms with Gasteiger partial charge >= 0.3 is 6.03 Å². The van der Waals surface area contributed by atoms with Gasteiger partial charge in [-0.15, -0.1) is 0 Å². The number of benzene rings is 1. The molecule has 3 heterocycles. The van der Waals surface area contributed by atoms with Crippen LogP contribution in [0.1, 0.15) is 6.04 Å². The first-order chi connectivity index (χ1) is 11.7. The number of fused-ring (bicyclic) bond motifs is 2. The van der Waals surface area contributed by atoms with Gasteiger partial charge in [0.25, 0.3) is 0 Å². The van der Waals surface area contributed by atoms with Crippen LogP contribution >= 0.6 is 0 Å². The van der Waals surface area contributed by atoms with E-state index in [2.05, 4.69) is 15.7 Å². The van der Waals surface area contributed by atoms with Gasteiger partial charge in [0.05, 0.1) is 12.6 Å². The largest absolute Gasteiger partial charge is 0.388 e. The molecule has 0 aliphatic carbocycles. The van der Waals surface area contributed by atoms with Gasteiger partial charge < -0.3 is 25.2 Å². The van der Waals surface area contributed by atoms with Crippen molar-refractivity contribution in [2.45, 2.75) is 30.6 Å². The van der Waals surface area contributed by atoms with Crippen LogP contribution < -0.4 is 10.6 Å². The van der Waals surface area contributed by atoms with Crippen LogP contribution in [0.2, 0.25) is 0 Å². The molecule has 2 aliphatic rings. The summed E-state index contributed by atoms with van der Waals surface area (Å²) in [5.41, 5.74) is 0.672. The number of nitrogens with one attached hydrogen (secondary N) is 2. The number of aromatic nitrogens is 2. The van der Waals surface area contributed by atoms with Gasteiger partial charge in [-0.25, -0.2) is 4.79 Å². The molecule has 5 unspecified atom stereocenters. The number of hydrogen-bond acceptors (Lipinski definition) is 5. The number of urea groups is 1.